The van der Waals surface area contributed by atoms with Gasteiger partial charge in [-0.15, -0.1) is 11.3 Å². The van der Waals surface area contributed by atoms with Gasteiger partial charge in [-0.2, -0.15) is 18.3 Å². The second-order valence-electron chi connectivity index (χ2n) is 10.2. The number of nitrogens with zero attached hydrogens (tertiary/aromatic N) is 5. The molecule has 0 bridgehead atoms. The number of alkyl halides is 3. The summed E-state index contributed by atoms with van der Waals surface area (Å²) in [4.78, 5) is 14.3. The van der Waals surface area contributed by atoms with Gasteiger partial charge >= 0.3 is 6.18 Å². The van der Waals surface area contributed by atoms with E-state index in [4.69, 9.17) is 19.7 Å². The lowest BCUT2D eigenvalue weighted by atomic mass is 9.92. The van der Waals surface area contributed by atoms with Crippen LogP contribution < -0.4 is 0 Å². The molecule has 0 amide bonds. The van der Waals surface area contributed by atoms with Crippen molar-refractivity contribution < 1.29 is 22.3 Å². The monoisotopic (exact) mass is 529 g/mol. The van der Waals surface area contributed by atoms with E-state index in [0.717, 1.165) is 42.3 Å². The molecule has 7 rings (SSSR count). The van der Waals surface area contributed by atoms with E-state index < -0.39 is 17.6 Å². The summed E-state index contributed by atoms with van der Waals surface area (Å²) in [5, 5.41) is 5.40. The van der Waals surface area contributed by atoms with Crippen LogP contribution in [-0.2, 0) is 10.9 Å². The van der Waals surface area contributed by atoms with Crippen molar-refractivity contribution in [1.29, 1.82) is 0 Å². The van der Waals surface area contributed by atoms with Crippen molar-refractivity contribution in [3.63, 3.8) is 0 Å². The molecule has 3 fully saturated rings. The molecule has 4 heterocycles. The summed E-state index contributed by atoms with van der Waals surface area (Å²) in [6.07, 6.45) is 4.80. The van der Waals surface area contributed by atoms with Gasteiger partial charge in [-0.3, -0.25) is 4.68 Å². The van der Waals surface area contributed by atoms with Gasteiger partial charge in [0.15, 0.2) is 5.65 Å². The SMILES string of the molecule is Fc1cc(C(F)(F)F)ccc1-c1nc([C@@H]2CCO[C@H](c3cnn(C4CC4)c3)C2)nc2nc(C3CC3)sc12. The largest absolute Gasteiger partial charge is 0.416 e. The molecule has 11 heteroatoms. The van der Waals surface area contributed by atoms with Crippen LogP contribution in [0, 0.1) is 5.82 Å². The number of hydrogen-bond donors (Lipinski definition) is 0. The molecule has 1 saturated heterocycles. The molecule has 6 nitrogen and oxygen atoms in total. The highest BCUT2D eigenvalue weighted by Gasteiger charge is 2.34. The summed E-state index contributed by atoms with van der Waals surface area (Å²) in [5.74, 6) is -0.130. The number of aromatic nitrogens is 5. The molecular formula is C26H23F4N5OS. The van der Waals surface area contributed by atoms with Crippen molar-refractivity contribution in [2.75, 3.05) is 6.61 Å². The first-order chi connectivity index (χ1) is 17.8. The minimum Gasteiger partial charge on any atom is -0.373 e. The number of hydrogen-bond acceptors (Lipinski definition) is 6. The van der Waals surface area contributed by atoms with Crippen LogP contribution in [0.3, 0.4) is 0 Å². The second-order valence-corrected chi connectivity index (χ2v) is 11.2. The lowest BCUT2D eigenvalue weighted by molar-refractivity contribution is -0.137. The van der Waals surface area contributed by atoms with E-state index in [1.54, 1.807) is 0 Å². The highest BCUT2D eigenvalue weighted by atomic mass is 32.1. The van der Waals surface area contributed by atoms with Crippen LogP contribution in [0.2, 0.25) is 0 Å². The first-order valence-electron chi connectivity index (χ1n) is 12.5. The molecular weight excluding hydrogens is 506 g/mol. The summed E-state index contributed by atoms with van der Waals surface area (Å²) >= 11 is 1.41. The Kier molecular flexibility index (Phi) is 5.37. The molecule has 0 radical (unpaired) electrons. The predicted molar refractivity (Wildman–Crippen MR) is 129 cm³/mol. The van der Waals surface area contributed by atoms with Gasteiger partial charge in [0.1, 0.15) is 16.3 Å². The number of ether oxygens (including phenoxy) is 1. The fourth-order valence-electron chi connectivity index (χ4n) is 4.93. The van der Waals surface area contributed by atoms with Crippen LogP contribution in [0.25, 0.3) is 21.6 Å². The van der Waals surface area contributed by atoms with Crippen LogP contribution in [0.4, 0.5) is 17.6 Å². The van der Waals surface area contributed by atoms with Gasteiger partial charge in [0.25, 0.3) is 0 Å². The lowest BCUT2D eigenvalue weighted by Gasteiger charge is -2.28. The number of halogens is 4. The Hall–Kier alpha value is -2.92. The van der Waals surface area contributed by atoms with Crippen molar-refractivity contribution >= 4 is 21.7 Å². The fourth-order valence-corrected chi connectivity index (χ4v) is 6.11. The van der Waals surface area contributed by atoms with Crippen molar-refractivity contribution in [2.45, 2.75) is 68.7 Å². The highest BCUT2D eigenvalue weighted by Crippen LogP contribution is 2.46. The number of fused-ring (bicyclic) bond motifs is 1. The quantitative estimate of drug-likeness (QED) is 0.262. The second kappa shape index (κ2) is 8.56. The summed E-state index contributed by atoms with van der Waals surface area (Å²) in [6.45, 7) is 0.514. The molecule has 1 aromatic carbocycles. The van der Waals surface area contributed by atoms with Gasteiger partial charge in [0.05, 0.1) is 34.6 Å². The summed E-state index contributed by atoms with van der Waals surface area (Å²) in [5.41, 5.74) is 0.801. The maximum Gasteiger partial charge on any atom is 0.416 e. The zero-order valence-corrected chi connectivity index (χ0v) is 20.5. The third-order valence-electron chi connectivity index (χ3n) is 7.33. The maximum atomic E-state index is 15.1. The number of benzene rings is 1. The Morgan fingerprint density at radius 3 is 2.57 bits per heavy atom. The van der Waals surface area contributed by atoms with Crippen molar-refractivity contribution in [3.8, 4) is 11.3 Å². The van der Waals surface area contributed by atoms with Gasteiger partial charge in [0, 0.05) is 35.8 Å². The summed E-state index contributed by atoms with van der Waals surface area (Å²) in [6, 6.07) is 3.08. The van der Waals surface area contributed by atoms with Gasteiger partial charge in [0.2, 0.25) is 0 Å². The molecule has 0 N–H and O–H groups in total. The first kappa shape index (κ1) is 23.2. The number of rotatable bonds is 5. The maximum absolute atomic E-state index is 15.1. The molecule has 2 saturated carbocycles. The van der Waals surface area contributed by atoms with E-state index in [2.05, 4.69) is 5.10 Å². The van der Waals surface area contributed by atoms with Gasteiger partial charge in [-0.1, -0.05) is 0 Å². The van der Waals surface area contributed by atoms with Crippen molar-refractivity contribution in [2.24, 2.45) is 0 Å². The van der Waals surface area contributed by atoms with E-state index in [0.29, 0.717) is 59.3 Å². The molecule has 2 atom stereocenters. The molecule has 0 spiro atoms. The Balaban J connectivity index is 1.27. The number of thiazole rings is 1. The Labute approximate surface area is 213 Å². The van der Waals surface area contributed by atoms with Gasteiger partial charge < -0.3 is 4.74 Å². The average molecular weight is 530 g/mol. The minimum absolute atomic E-state index is 0.0296. The fraction of sp³-hybridized carbons (Fsp3) is 0.462. The third kappa shape index (κ3) is 4.41. The summed E-state index contributed by atoms with van der Waals surface area (Å²) in [7, 11) is 0. The van der Waals surface area contributed by atoms with Crippen molar-refractivity contribution in [3.05, 3.63) is 58.4 Å². The van der Waals surface area contributed by atoms with Gasteiger partial charge in [-0.05, 0) is 56.7 Å². The zero-order chi connectivity index (χ0) is 25.3. The first-order valence-corrected chi connectivity index (χ1v) is 13.4. The normalized spacial score (nSPS) is 22.6. The molecule has 3 aromatic heterocycles. The predicted octanol–water partition coefficient (Wildman–Crippen LogP) is 6.96. The van der Waals surface area contributed by atoms with Gasteiger partial charge in [-0.25, -0.2) is 19.3 Å². The third-order valence-corrected chi connectivity index (χ3v) is 8.54. The smallest absolute Gasteiger partial charge is 0.373 e. The molecule has 1 aliphatic heterocycles. The Bertz CT molecular complexity index is 1490. The van der Waals surface area contributed by atoms with Crippen LogP contribution in [0.15, 0.2) is 30.6 Å². The van der Waals surface area contributed by atoms with E-state index >= 15 is 4.39 Å². The Morgan fingerprint density at radius 2 is 1.84 bits per heavy atom. The molecule has 37 heavy (non-hydrogen) atoms. The van der Waals surface area contributed by atoms with E-state index in [1.807, 2.05) is 17.1 Å². The molecule has 2 aliphatic carbocycles. The highest BCUT2D eigenvalue weighted by molar-refractivity contribution is 7.19. The minimum atomic E-state index is -4.63. The van der Waals surface area contributed by atoms with E-state index in [9.17, 15) is 13.2 Å². The molecule has 0 unspecified atom stereocenters. The van der Waals surface area contributed by atoms with Crippen molar-refractivity contribution in [1.82, 2.24) is 24.7 Å². The van der Waals surface area contributed by atoms with Crippen LogP contribution in [0.5, 0.6) is 0 Å². The zero-order valence-electron chi connectivity index (χ0n) is 19.7. The van der Waals surface area contributed by atoms with Crippen LogP contribution in [-0.4, -0.2) is 31.3 Å². The summed E-state index contributed by atoms with van der Waals surface area (Å²) < 4.78 is 63.3. The van der Waals surface area contributed by atoms with Crippen LogP contribution in [0.1, 0.15) is 84.5 Å². The lowest BCUT2D eigenvalue weighted by Crippen LogP contribution is -2.20. The van der Waals surface area contributed by atoms with Crippen LogP contribution >= 0.6 is 11.3 Å². The molecule has 192 valence electrons. The van der Waals surface area contributed by atoms with E-state index in [-0.39, 0.29) is 17.6 Å². The average Bonchev–Trinajstić information content (AvgIpc) is 3.82. The standard InChI is InChI=1S/C26H23F4N5OS/c27-19-10-16(26(28,29)30)3-6-18(19)21-22-24(34-25(37-22)13-1-2-13)33-23(32-21)14-7-8-36-20(9-14)15-11-31-35(12-15)17-4-5-17/h3,6,10-14,17,20H,1-2,4-5,7-9H2/t14-,20+/m1/s1. The van der Waals surface area contributed by atoms with E-state index in [1.165, 1.54) is 17.4 Å². The molecule has 3 aliphatic rings. The molecule has 4 aromatic rings. The Morgan fingerprint density at radius 1 is 1.00 bits per heavy atom. The topological polar surface area (TPSA) is 65.7 Å².